The highest BCUT2D eigenvalue weighted by molar-refractivity contribution is 14.1. The fourth-order valence-corrected chi connectivity index (χ4v) is 3.30. The number of rotatable bonds is 5. The van der Waals surface area contributed by atoms with Crippen LogP contribution in [0.5, 0.6) is 0 Å². The molecule has 1 saturated heterocycles. The molecule has 1 fully saturated rings. The van der Waals surface area contributed by atoms with Gasteiger partial charge in [0, 0.05) is 10.1 Å². The largest absolute Gasteiger partial charge is 0.459 e. The van der Waals surface area contributed by atoms with Gasteiger partial charge in [0.05, 0.1) is 12.0 Å². The second-order valence-electron chi connectivity index (χ2n) is 5.77. The number of likely N-dealkylation sites (tertiary alicyclic amines) is 1. The van der Waals surface area contributed by atoms with E-state index in [1.807, 2.05) is 12.1 Å². The van der Waals surface area contributed by atoms with Crippen LogP contribution >= 0.6 is 22.6 Å². The van der Waals surface area contributed by atoms with Crippen molar-refractivity contribution in [1.82, 2.24) is 4.90 Å². The molecule has 2 aromatic rings. The first-order valence-electron chi connectivity index (χ1n) is 8.12. The van der Waals surface area contributed by atoms with Gasteiger partial charge in [-0.25, -0.2) is 4.79 Å². The average molecular weight is 468 g/mol. The summed E-state index contributed by atoms with van der Waals surface area (Å²) in [6.45, 7) is 0.0524. The third kappa shape index (κ3) is 4.24. The van der Waals surface area contributed by atoms with Crippen LogP contribution in [0.15, 0.2) is 47.1 Å². The van der Waals surface area contributed by atoms with Crippen LogP contribution in [0.2, 0.25) is 0 Å². The molecule has 1 aromatic carbocycles. The summed E-state index contributed by atoms with van der Waals surface area (Å²) < 4.78 is 11.1. The van der Waals surface area contributed by atoms with E-state index in [9.17, 15) is 14.4 Å². The van der Waals surface area contributed by atoms with Crippen LogP contribution in [0, 0.1) is 3.57 Å². The van der Waals surface area contributed by atoms with Crippen molar-refractivity contribution in [1.29, 1.82) is 0 Å². The minimum absolute atomic E-state index is 0.182. The number of benzene rings is 1. The van der Waals surface area contributed by atoms with Crippen molar-refractivity contribution in [3.63, 3.8) is 0 Å². The molecule has 0 spiro atoms. The number of hydrogen-bond donors (Lipinski definition) is 1. The average Bonchev–Trinajstić information content (AvgIpc) is 3.33. The number of para-hydroxylation sites is 1. The molecule has 1 aliphatic rings. The van der Waals surface area contributed by atoms with Gasteiger partial charge >= 0.3 is 5.97 Å². The SMILES string of the molecule is O=C(COC(=O)C1CCCN1C(=O)c1ccco1)Nc1ccccc1I. The van der Waals surface area contributed by atoms with Crippen molar-refractivity contribution in [3.8, 4) is 0 Å². The van der Waals surface area contributed by atoms with Gasteiger partial charge in [-0.3, -0.25) is 9.59 Å². The Bertz CT molecular complexity index is 806. The Morgan fingerprint density at radius 1 is 1.23 bits per heavy atom. The number of nitrogens with one attached hydrogen (secondary N) is 1. The molecule has 1 aromatic heterocycles. The lowest BCUT2D eigenvalue weighted by molar-refractivity contribution is -0.151. The van der Waals surface area contributed by atoms with Gasteiger partial charge in [0.15, 0.2) is 12.4 Å². The van der Waals surface area contributed by atoms with E-state index in [1.165, 1.54) is 11.2 Å². The first kappa shape index (κ1) is 18.4. The Kier molecular flexibility index (Phi) is 5.92. The monoisotopic (exact) mass is 468 g/mol. The zero-order chi connectivity index (χ0) is 18.5. The molecule has 1 N–H and O–H groups in total. The zero-order valence-corrected chi connectivity index (χ0v) is 16.0. The van der Waals surface area contributed by atoms with E-state index < -0.39 is 24.5 Å². The van der Waals surface area contributed by atoms with Gasteiger partial charge in [-0.15, -0.1) is 0 Å². The lowest BCUT2D eigenvalue weighted by atomic mass is 10.2. The number of halogens is 1. The third-order valence-electron chi connectivity index (χ3n) is 4.01. The summed E-state index contributed by atoms with van der Waals surface area (Å²) in [5.74, 6) is -1.18. The van der Waals surface area contributed by atoms with Crippen molar-refractivity contribution in [2.45, 2.75) is 18.9 Å². The van der Waals surface area contributed by atoms with E-state index in [0.29, 0.717) is 25.1 Å². The molecule has 7 nitrogen and oxygen atoms in total. The molecule has 0 radical (unpaired) electrons. The minimum atomic E-state index is -0.697. The topological polar surface area (TPSA) is 88.9 Å². The van der Waals surface area contributed by atoms with E-state index in [-0.39, 0.29) is 11.7 Å². The summed E-state index contributed by atoms with van der Waals surface area (Å²) >= 11 is 2.11. The number of hydrogen-bond acceptors (Lipinski definition) is 5. The van der Waals surface area contributed by atoms with E-state index in [0.717, 1.165) is 3.57 Å². The van der Waals surface area contributed by atoms with Crippen LogP contribution in [0.4, 0.5) is 5.69 Å². The Morgan fingerprint density at radius 2 is 2.04 bits per heavy atom. The number of carbonyl (C=O) groups excluding carboxylic acids is 3. The van der Waals surface area contributed by atoms with E-state index >= 15 is 0 Å². The Labute approximate surface area is 163 Å². The highest BCUT2D eigenvalue weighted by Crippen LogP contribution is 2.22. The molecule has 0 aliphatic carbocycles. The zero-order valence-electron chi connectivity index (χ0n) is 13.8. The van der Waals surface area contributed by atoms with Crippen LogP contribution in [0.3, 0.4) is 0 Å². The maximum absolute atomic E-state index is 12.4. The van der Waals surface area contributed by atoms with Gasteiger partial charge in [-0.1, -0.05) is 12.1 Å². The van der Waals surface area contributed by atoms with E-state index in [4.69, 9.17) is 9.15 Å². The van der Waals surface area contributed by atoms with Crippen molar-refractivity contribution >= 4 is 46.1 Å². The molecule has 0 bridgehead atoms. The molecule has 1 atom stereocenters. The number of amides is 2. The van der Waals surface area contributed by atoms with Gasteiger partial charge in [0.2, 0.25) is 0 Å². The predicted octanol–water partition coefficient (Wildman–Crippen LogP) is 2.67. The molecule has 26 heavy (non-hydrogen) atoms. The minimum Gasteiger partial charge on any atom is -0.459 e. The van der Waals surface area contributed by atoms with Gasteiger partial charge in [-0.2, -0.15) is 0 Å². The lowest BCUT2D eigenvalue weighted by Crippen LogP contribution is -2.42. The van der Waals surface area contributed by atoms with Crippen molar-refractivity contribution in [2.75, 3.05) is 18.5 Å². The highest BCUT2D eigenvalue weighted by atomic mass is 127. The number of furan rings is 1. The van der Waals surface area contributed by atoms with Crippen LogP contribution in [-0.2, 0) is 14.3 Å². The second kappa shape index (κ2) is 8.35. The Balaban J connectivity index is 1.55. The summed E-state index contributed by atoms with van der Waals surface area (Å²) in [5, 5.41) is 2.69. The van der Waals surface area contributed by atoms with Gasteiger partial charge in [0.1, 0.15) is 6.04 Å². The summed E-state index contributed by atoms with van der Waals surface area (Å²) in [6, 6.07) is 9.77. The molecule has 0 saturated carbocycles. The van der Waals surface area contributed by atoms with Gasteiger partial charge in [-0.05, 0) is 59.7 Å². The quantitative estimate of drug-likeness (QED) is 0.539. The van der Waals surface area contributed by atoms with Crippen molar-refractivity contribution < 1.29 is 23.5 Å². The van der Waals surface area contributed by atoms with Crippen LogP contribution in [-0.4, -0.2) is 41.9 Å². The maximum Gasteiger partial charge on any atom is 0.329 e. The Morgan fingerprint density at radius 3 is 2.77 bits per heavy atom. The molecule has 3 rings (SSSR count). The number of nitrogens with zero attached hydrogens (tertiary/aromatic N) is 1. The maximum atomic E-state index is 12.4. The number of esters is 1. The van der Waals surface area contributed by atoms with Crippen molar-refractivity contribution in [3.05, 3.63) is 52.0 Å². The summed E-state index contributed by atoms with van der Waals surface area (Å²) in [5.41, 5.74) is 0.657. The van der Waals surface area contributed by atoms with Gasteiger partial charge in [0.25, 0.3) is 11.8 Å². The Hall–Kier alpha value is -2.36. The molecule has 2 amide bonds. The fourth-order valence-electron chi connectivity index (χ4n) is 2.78. The smallest absolute Gasteiger partial charge is 0.329 e. The van der Waals surface area contributed by atoms with Crippen molar-refractivity contribution in [2.24, 2.45) is 0 Å². The van der Waals surface area contributed by atoms with Crippen LogP contribution in [0.25, 0.3) is 0 Å². The van der Waals surface area contributed by atoms with Crippen LogP contribution < -0.4 is 5.32 Å². The van der Waals surface area contributed by atoms with Gasteiger partial charge < -0.3 is 19.4 Å². The first-order valence-corrected chi connectivity index (χ1v) is 9.19. The number of carbonyl (C=O) groups is 3. The molecular formula is C18H17IN2O5. The summed E-state index contributed by atoms with van der Waals surface area (Å²) in [4.78, 5) is 38.1. The normalized spacial score (nSPS) is 16.3. The summed E-state index contributed by atoms with van der Waals surface area (Å²) in [7, 11) is 0. The van der Waals surface area contributed by atoms with E-state index in [2.05, 4.69) is 27.9 Å². The number of ether oxygens (including phenoxy) is 1. The fraction of sp³-hybridized carbons (Fsp3) is 0.278. The molecule has 2 heterocycles. The van der Waals surface area contributed by atoms with Crippen LogP contribution in [0.1, 0.15) is 23.4 Å². The molecule has 1 unspecified atom stereocenters. The predicted molar refractivity (Wildman–Crippen MR) is 102 cm³/mol. The van der Waals surface area contributed by atoms with E-state index in [1.54, 1.807) is 24.3 Å². The molecule has 1 aliphatic heterocycles. The molecular weight excluding hydrogens is 451 g/mol. The second-order valence-corrected chi connectivity index (χ2v) is 6.93. The molecule has 8 heteroatoms. The highest BCUT2D eigenvalue weighted by Gasteiger charge is 2.36. The first-order chi connectivity index (χ1) is 12.6. The lowest BCUT2D eigenvalue weighted by Gasteiger charge is -2.22. The number of anilines is 1. The summed E-state index contributed by atoms with van der Waals surface area (Å²) in [6.07, 6.45) is 2.61. The third-order valence-corrected chi connectivity index (χ3v) is 4.95. The molecule has 136 valence electrons. The standard InChI is InChI=1S/C18H17IN2O5/c19-12-5-1-2-6-13(12)20-16(22)11-26-18(24)14-7-3-9-21(14)17(23)15-8-4-10-25-15/h1-2,4-6,8,10,14H,3,7,9,11H2,(H,20,22).